The standard InChI is InChI=1S/C13H25NO2/c1-2-3-9-13(15)14-10-6-11-16-12-7-4-5-8-12/h12H,2-11H2,1H3,(H,14,15). The van der Waals surface area contributed by atoms with E-state index in [1.165, 1.54) is 25.7 Å². The average molecular weight is 227 g/mol. The van der Waals surface area contributed by atoms with E-state index in [9.17, 15) is 4.79 Å². The highest BCUT2D eigenvalue weighted by atomic mass is 16.5. The fourth-order valence-electron chi connectivity index (χ4n) is 2.03. The van der Waals surface area contributed by atoms with Crippen molar-refractivity contribution < 1.29 is 9.53 Å². The number of hydrogen-bond donors (Lipinski definition) is 1. The van der Waals surface area contributed by atoms with E-state index >= 15 is 0 Å². The van der Waals surface area contributed by atoms with Crippen LogP contribution in [-0.2, 0) is 9.53 Å². The highest BCUT2D eigenvalue weighted by molar-refractivity contribution is 5.75. The SMILES string of the molecule is CCCCC(=O)NCCCOC1CCCC1. The van der Waals surface area contributed by atoms with Crippen LogP contribution in [0.25, 0.3) is 0 Å². The molecule has 0 spiro atoms. The zero-order chi connectivity index (χ0) is 11.6. The molecule has 16 heavy (non-hydrogen) atoms. The molecule has 1 saturated carbocycles. The summed E-state index contributed by atoms with van der Waals surface area (Å²) in [5.41, 5.74) is 0. The second-order valence-corrected chi connectivity index (χ2v) is 4.58. The number of carbonyl (C=O) groups is 1. The summed E-state index contributed by atoms with van der Waals surface area (Å²) in [6.07, 6.45) is 9.26. The fraction of sp³-hybridized carbons (Fsp3) is 0.923. The number of hydrogen-bond acceptors (Lipinski definition) is 2. The number of nitrogens with one attached hydrogen (secondary N) is 1. The predicted octanol–water partition coefficient (Wildman–Crippen LogP) is 2.64. The summed E-state index contributed by atoms with van der Waals surface area (Å²) in [7, 11) is 0. The van der Waals surface area contributed by atoms with Crippen LogP contribution >= 0.6 is 0 Å². The van der Waals surface area contributed by atoms with Gasteiger partial charge in [0.1, 0.15) is 0 Å². The molecule has 1 fully saturated rings. The maximum Gasteiger partial charge on any atom is 0.219 e. The van der Waals surface area contributed by atoms with Crippen LogP contribution in [-0.4, -0.2) is 25.2 Å². The molecule has 1 amide bonds. The monoisotopic (exact) mass is 227 g/mol. The zero-order valence-corrected chi connectivity index (χ0v) is 10.5. The molecule has 0 saturated heterocycles. The van der Waals surface area contributed by atoms with Gasteiger partial charge >= 0.3 is 0 Å². The van der Waals surface area contributed by atoms with Crippen LogP contribution in [0.3, 0.4) is 0 Å². The Kier molecular flexibility index (Phi) is 7.23. The lowest BCUT2D eigenvalue weighted by Crippen LogP contribution is -2.25. The molecule has 0 bridgehead atoms. The molecule has 0 aromatic carbocycles. The van der Waals surface area contributed by atoms with E-state index in [2.05, 4.69) is 12.2 Å². The molecule has 0 aliphatic heterocycles. The first kappa shape index (κ1) is 13.5. The zero-order valence-electron chi connectivity index (χ0n) is 10.5. The molecule has 1 N–H and O–H groups in total. The van der Waals surface area contributed by atoms with Crippen molar-refractivity contribution in [1.82, 2.24) is 5.32 Å². The van der Waals surface area contributed by atoms with Crippen molar-refractivity contribution in [3.63, 3.8) is 0 Å². The number of rotatable bonds is 8. The number of unbranched alkanes of at least 4 members (excludes halogenated alkanes) is 1. The van der Waals surface area contributed by atoms with E-state index in [-0.39, 0.29) is 5.91 Å². The van der Waals surface area contributed by atoms with Crippen molar-refractivity contribution in [2.75, 3.05) is 13.2 Å². The molecule has 0 aromatic rings. The molecule has 1 aliphatic rings. The number of carbonyl (C=O) groups excluding carboxylic acids is 1. The molecule has 3 heteroatoms. The van der Waals surface area contributed by atoms with Crippen molar-refractivity contribution >= 4 is 5.91 Å². The first-order valence-electron chi connectivity index (χ1n) is 6.71. The second kappa shape index (κ2) is 8.57. The van der Waals surface area contributed by atoms with Gasteiger partial charge in [0.15, 0.2) is 0 Å². The minimum Gasteiger partial charge on any atom is -0.378 e. The Balaban J connectivity index is 1.85. The molecular formula is C13H25NO2. The van der Waals surface area contributed by atoms with Gasteiger partial charge in [-0.1, -0.05) is 26.2 Å². The van der Waals surface area contributed by atoms with Crippen molar-refractivity contribution in [3.8, 4) is 0 Å². The van der Waals surface area contributed by atoms with E-state index in [0.29, 0.717) is 12.5 Å². The van der Waals surface area contributed by atoms with E-state index in [1.54, 1.807) is 0 Å². The molecule has 0 aromatic heterocycles. The number of amides is 1. The van der Waals surface area contributed by atoms with Crippen molar-refractivity contribution in [1.29, 1.82) is 0 Å². The van der Waals surface area contributed by atoms with Gasteiger partial charge in [-0.3, -0.25) is 4.79 Å². The normalized spacial score (nSPS) is 16.6. The molecule has 1 aliphatic carbocycles. The topological polar surface area (TPSA) is 38.3 Å². The summed E-state index contributed by atoms with van der Waals surface area (Å²) in [6, 6.07) is 0. The van der Waals surface area contributed by atoms with E-state index in [1.807, 2.05) is 0 Å². The number of ether oxygens (including phenoxy) is 1. The molecule has 0 radical (unpaired) electrons. The van der Waals surface area contributed by atoms with Crippen LogP contribution in [0.1, 0.15) is 58.3 Å². The van der Waals surface area contributed by atoms with Crippen molar-refractivity contribution in [2.45, 2.75) is 64.4 Å². The molecule has 0 unspecified atom stereocenters. The van der Waals surface area contributed by atoms with E-state index < -0.39 is 0 Å². The second-order valence-electron chi connectivity index (χ2n) is 4.58. The molecule has 94 valence electrons. The van der Waals surface area contributed by atoms with Gasteiger partial charge in [-0.25, -0.2) is 0 Å². The van der Waals surface area contributed by atoms with Gasteiger partial charge in [-0.15, -0.1) is 0 Å². The van der Waals surface area contributed by atoms with E-state index in [0.717, 1.165) is 32.4 Å². The van der Waals surface area contributed by atoms with Gasteiger partial charge < -0.3 is 10.1 Å². The highest BCUT2D eigenvalue weighted by Gasteiger charge is 2.14. The van der Waals surface area contributed by atoms with Crippen LogP contribution in [0.5, 0.6) is 0 Å². The quantitative estimate of drug-likeness (QED) is 0.647. The maximum atomic E-state index is 11.3. The van der Waals surface area contributed by atoms with Crippen LogP contribution in [0.2, 0.25) is 0 Å². The van der Waals surface area contributed by atoms with Gasteiger partial charge in [0.25, 0.3) is 0 Å². The summed E-state index contributed by atoms with van der Waals surface area (Å²) in [6.45, 7) is 3.65. The first-order valence-corrected chi connectivity index (χ1v) is 6.71. The lowest BCUT2D eigenvalue weighted by atomic mass is 10.2. The lowest BCUT2D eigenvalue weighted by molar-refractivity contribution is -0.121. The lowest BCUT2D eigenvalue weighted by Gasteiger charge is -2.11. The third-order valence-electron chi connectivity index (χ3n) is 3.06. The Labute approximate surface area is 98.9 Å². The Hall–Kier alpha value is -0.570. The average Bonchev–Trinajstić information content (AvgIpc) is 2.79. The van der Waals surface area contributed by atoms with Gasteiger partial charge in [0, 0.05) is 19.6 Å². The third kappa shape index (κ3) is 6.11. The third-order valence-corrected chi connectivity index (χ3v) is 3.06. The summed E-state index contributed by atoms with van der Waals surface area (Å²) >= 11 is 0. The van der Waals surface area contributed by atoms with Crippen LogP contribution in [0.15, 0.2) is 0 Å². The molecule has 3 nitrogen and oxygen atoms in total. The Morgan fingerprint density at radius 3 is 2.75 bits per heavy atom. The molecule has 1 rings (SSSR count). The van der Waals surface area contributed by atoms with Crippen LogP contribution < -0.4 is 5.32 Å². The molecular weight excluding hydrogens is 202 g/mol. The largest absolute Gasteiger partial charge is 0.378 e. The van der Waals surface area contributed by atoms with Crippen molar-refractivity contribution in [3.05, 3.63) is 0 Å². The Bertz CT molecular complexity index is 188. The fourth-order valence-corrected chi connectivity index (χ4v) is 2.03. The van der Waals surface area contributed by atoms with Crippen molar-refractivity contribution in [2.24, 2.45) is 0 Å². The van der Waals surface area contributed by atoms with Gasteiger partial charge in [-0.05, 0) is 25.7 Å². The minimum absolute atomic E-state index is 0.183. The van der Waals surface area contributed by atoms with Crippen LogP contribution in [0.4, 0.5) is 0 Å². The summed E-state index contributed by atoms with van der Waals surface area (Å²) < 4.78 is 5.71. The highest BCUT2D eigenvalue weighted by Crippen LogP contribution is 2.20. The summed E-state index contributed by atoms with van der Waals surface area (Å²) in [4.78, 5) is 11.3. The maximum absolute atomic E-state index is 11.3. The Morgan fingerprint density at radius 1 is 1.31 bits per heavy atom. The Morgan fingerprint density at radius 2 is 2.06 bits per heavy atom. The summed E-state index contributed by atoms with van der Waals surface area (Å²) in [5.74, 6) is 0.183. The smallest absolute Gasteiger partial charge is 0.219 e. The van der Waals surface area contributed by atoms with Gasteiger partial charge in [-0.2, -0.15) is 0 Å². The molecule has 0 atom stereocenters. The van der Waals surface area contributed by atoms with Crippen LogP contribution in [0, 0.1) is 0 Å². The van der Waals surface area contributed by atoms with Gasteiger partial charge in [0.2, 0.25) is 5.91 Å². The first-order chi connectivity index (χ1) is 7.83. The minimum atomic E-state index is 0.183. The van der Waals surface area contributed by atoms with E-state index in [4.69, 9.17) is 4.74 Å². The predicted molar refractivity (Wildman–Crippen MR) is 65.4 cm³/mol. The van der Waals surface area contributed by atoms with Gasteiger partial charge in [0.05, 0.1) is 6.10 Å². The summed E-state index contributed by atoms with van der Waals surface area (Å²) in [5, 5.41) is 2.92. The molecule has 0 heterocycles.